The number of nitrogens with two attached hydrogens (primary N) is 1. The van der Waals surface area contributed by atoms with Gasteiger partial charge in [-0.15, -0.1) is 0 Å². The lowest BCUT2D eigenvalue weighted by Gasteiger charge is -2.22. The number of thiazole rings is 1. The van der Waals surface area contributed by atoms with Gasteiger partial charge >= 0.3 is 10.8 Å². The predicted molar refractivity (Wildman–Crippen MR) is 86.5 cm³/mol. The van der Waals surface area contributed by atoms with E-state index in [1.807, 2.05) is 6.92 Å². The zero-order valence-corrected chi connectivity index (χ0v) is 14.0. The minimum Gasteiger partial charge on any atom is -0.460 e. The molecule has 24 heavy (non-hydrogen) atoms. The number of aliphatic hydroxyl groups excluding tert-OH is 1. The fourth-order valence-electron chi connectivity index (χ4n) is 2.86. The number of aromatic nitrogens is 3. The molecule has 0 saturated carbocycles. The molecule has 9 nitrogen and oxygen atoms in total. The van der Waals surface area contributed by atoms with Gasteiger partial charge in [-0.3, -0.25) is 14.2 Å². The molecule has 4 unspecified atom stereocenters. The molecule has 0 aliphatic carbocycles. The summed E-state index contributed by atoms with van der Waals surface area (Å²) in [6.45, 7) is 3.18. The van der Waals surface area contributed by atoms with Gasteiger partial charge in [0.15, 0.2) is 11.9 Å². The molecule has 4 atom stereocenters. The second-order valence-electron chi connectivity index (χ2n) is 5.58. The highest BCUT2D eigenvalue weighted by molar-refractivity contribution is 7.16. The van der Waals surface area contributed by atoms with E-state index >= 15 is 0 Å². The Labute approximate surface area is 141 Å². The minimum absolute atomic E-state index is 0.0319. The number of nitrogens with zero attached hydrogens (tertiary/aromatic N) is 3. The lowest BCUT2D eigenvalue weighted by Crippen LogP contribution is -2.31. The number of fused-ring (bicyclic) bond motifs is 1. The normalized spacial score (nSPS) is 25.0. The van der Waals surface area contributed by atoms with E-state index in [-0.39, 0.29) is 17.2 Å². The van der Waals surface area contributed by atoms with Crippen molar-refractivity contribution in [1.82, 2.24) is 14.5 Å². The largest absolute Gasteiger partial charge is 0.460 e. The summed E-state index contributed by atoms with van der Waals surface area (Å²) in [4.78, 5) is 31.1. The Morgan fingerprint density at radius 3 is 3.08 bits per heavy atom. The predicted octanol–water partition coefficient (Wildman–Crippen LogP) is 0.425. The fraction of sp³-hybridized carbons (Fsp3) is 0.571. The first kappa shape index (κ1) is 16.8. The van der Waals surface area contributed by atoms with E-state index in [9.17, 15) is 14.7 Å². The van der Waals surface area contributed by atoms with Gasteiger partial charge in [0.25, 0.3) is 0 Å². The van der Waals surface area contributed by atoms with Crippen molar-refractivity contribution in [1.29, 1.82) is 0 Å². The van der Waals surface area contributed by atoms with Crippen LogP contribution >= 0.6 is 11.3 Å². The molecule has 3 N–H and O–H groups in total. The van der Waals surface area contributed by atoms with Crippen LogP contribution in [0.15, 0.2) is 11.0 Å². The van der Waals surface area contributed by atoms with Crippen molar-refractivity contribution in [3.8, 4) is 0 Å². The molecule has 1 aliphatic heterocycles. The number of rotatable bonds is 4. The van der Waals surface area contributed by atoms with E-state index in [1.165, 1.54) is 17.7 Å². The van der Waals surface area contributed by atoms with Gasteiger partial charge in [-0.1, -0.05) is 18.3 Å². The molecule has 0 bridgehead atoms. The van der Waals surface area contributed by atoms with Crippen LogP contribution in [0.4, 0.5) is 5.95 Å². The molecule has 130 valence electrons. The van der Waals surface area contributed by atoms with Crippen LogP contribution in [0, 0.1) is 0 Å². The molecule has 1 aliphatic rings. The number of carbonyl (C=O) groups is 1. The number of esters is 1. The Morgan fingerprint density at radius 1 is 1.67 bits per heavy atom. The van der Waals surface area contributed by atoms with Gasteiger partial charge in [0, 0.05) is 13.3 Å². The lowest BCUT2D eigenvalue weighted by atomic mass is 10.1. The van der Waals surface area contributed by atoms with Crippen molar-refractivity contribution < 1.29 is 19.4 Å². The van der Waals surface area contributed by atoms with Crippen LogP contribution in [0.5, 0.6) is 0 Å². The Balaban J connectivity index is 1.93. The number of aliphatic hydroxyl groups is 1. The van der Waals surface area contributed by atoms with Crippen molar-refractivity contribution in [3.63, 3.8) is 0 Å². The lowest BCUT2D eigenvalue weighted by molar-refractivity contribution is -0.156. The molecule has 2 aromatic rings. The van der Waals surface area contributed by atoms with Crippen LogP contribution < -0.4 is 10.6 Å². The second kappa shape index (κ2) is 6.46. The van der Waals surface area contributed by atoms with Crippen LogP contribution in [-0.4, -0.2) is 43.9 Å². The number of hydrogen-bond acceptors (Lipinski definition) is 9. The van der Waals surface area contributed by atoms with Crippen molar-refractivity contribution in [2.24, 2.45) is 0 Å². The van der Waals surface area contributed by atoms with Gasteiger partial charge in [-0.2, -0.15) is 4.98 Å². The minimum atomic E-state index is -0.925. The molecular formula is C14H18N4O5S. The van der Waals surface area contributed by atoms with Crippen LogP contribution in [-0.2, 0) is 14.3 Å². The molecule has 0 spiro atoms. The molecule has 1 saturated heterocycles. The van der Waals surface area contributed by atoms with Crippen LogP contribution in [0.3, 0.4) is 0 Å². The molecule has 0 aromatic carbocycles. The quantitative estimate of drug-likeness (QED) is 0.756. The van der Waals surface area contributed by atoms with E-state index in [4.69, 9.17) is 15.2 Å². The van der Waals surface area contributed by atoms with Crippen LogP contribution in [0.25, 0.3) is 10.3 Å². The molecule has 0 amide bonds. The Bertz CT molecular complexity index is 819. The highest BCUT2D eigenvalue weighted by Gasteiger charge is 2.41. The summed E-state index contributed by atoms with van der Waals surface area (Å²) in [6, 6.07) is 0. The zero-order valence-electron chi connectivity index (χ0n) is 13.2. The van der Waals surface area contributed by atoms with Gasteiger partial charge in [-0.05, 0) is 6.42 Å². The number of hydrogen-bond donors (Lipinski definition) is 2. The third-order valence-electron chi connectivity index (χ3n) is 3.88. The van der Waals surface area contributed by atoms with Crippen molar-refractivity contribution in [2.75, 3.05) is 5.73 Å². The molecule has 3 rings (SSSR count). The molecule has 1 fully saturated rings. The first-order chi connectivity index (χ1) is 11.4. The number of anilines is 1. The smallest absolute Gasteiger partial charge is 0.311 e. The number of carbonyl (C=O) groups excluding carboxylic acids is 1. The van der Waals surface area contributed by atoms with Gasteiger partial charge < -0.3 is 20.3 Å². The highest BCUT2D eigenvalue weighted by atomic mass is 32.1. The van der Waals surface area contributed by atoms with Crippen molar-refractivity contribution in [3.05, 3.63) is 15.9 Å². The maximum atomic E-state index is 12.3. The Hall–Kier alpha value is -2.04. The molecule has 10 heteroatoms. The third kappa shape index (κ3) is 2.99. The Morgan fingerprint density at radius 2 is 2.42 bits per heavy atom. The van der Waals surface area contributed by atoms with Crippen molar-refractivity contribution >= 4 is 33.6 Å². The van der Waals surface area contributed by atoms with Gasteiger partial charge in [0.2, 0.25) is 5.95 Å². The van der Waals surface area contributed by atoms with Gasteiger partial charge in [-0.25, -0.2) is 4.98 Å². The molecule has 2 aromatic heterocycles. The van der Waals surface area contributed by atoms with Gasteiger partial charge in [0.1, 0.15) is 12.2 Å². The fourth-order valence-corrected chi connectivity index (χ4v) is 3.68. The van der Waals surface area contributed by atoms with E-state index < -0.39 is 30.5 Å². The summed E-state index contributed by atoms with van der Waals surface area (Å²) in [5.41, 5.74) is 5.92. The molecule has 0 radical (unpaired) electrons. The topological polar surface area (TPSA) is 130 Å². The average molecular weight is 354 g/mol. The van der Waals surface area contributed by atoms with Crippen LogP contribution in [0.1, 0.15) is 32.9 Å². The molecule has 3 heterocycles. The van der Waals surface area contributed by atoms with E-state index in [2.05, 4.69) is 9.97 Å². The van der Waals surface area contributed by atoms with Gasteiger partial charge in [0.05, 0.1) is 17.0 Å². The third-order valence-corrected chi connectivity index (χ3v) is 4.76. The summed E-state index contributed by atoms with van der Waals surface area (Å²) in [6.07, 6.45) is -0.560. The SMILES string of the molecule is CCC(OC(C)=O)C1CC(O)C(n2c(=O)sc3cnc(N)nc32)O1. The van der Waals surface area contributed by atoms with E-state index in [1.54, 1.807) is 0 Å². The van der Waals surface area contributed by atoms with E-state index in [0.29, 0.717) is 16.8 Å². The molecular weight excluding hydrogens is 336 g/mol. The number of nitrogen functional groups attached to an aromatic ring is 1. The highest BCUT2D eigenvalue weighted by Crippen LogP contribution is 2.33. The first-order valence-electron chi connectivity index (χ1n) is 7.55. The summed E-state index contributed by atoms with van der Waals surface area (Å²) < 4.78 is 12.9. The first-order valence-corrected chi connectivity index (χ1v) is 8.36. The summed E-state index contributed by atoms with van der Waals surface area (Å²) in [5, 5.41) is 10.4. The monoisotopic (exact) mass is 354 g/mol. The second-order valence-corrected chi connectivity index (χ2v) is 6.57. The Kier molecular flexibility index (Phi) is 4.52. The maximum absolute atomic E-state index is 12.3. The maximum Gasteiger partial charge on any atom is 0.311 e. The summed E-state index contributed by atoms with van der Waals surface area (Å²) in [5.74, 6) is -0.383. The van der Waals surface area contributed by atoms with E-state index in [0.717, 1.165) is 11.3 Å². The zero-order chi connectivity index (χ0) is 17.4. The van der Waals surface area contributed by atoms with Crippen LogP contribution in [0.2, 0.25) is 0 Å². The standard InChI is InChI=1S/C14H18N4O5S/c1-3-8(22-6(2)19)9-4-7(20)12(23-9)18-11-10(24-14(18)21)5-16-13(15)17-11/h5,7-9,12,20H,3-4H2,1-2H3,(H2,15,16,17). The number of ether oxygens (including phenoxy) is 2. The summed E-state index contributed by atoms with van der Waals surface area (Å²) in [7, 11) is 0. The average Bonchev–Trinajstić information content (AvgIpc) is 3.03. The summed E-state index contributed by atoms with van der Waals surface area (Å²) >= 11 is 0.953. The van der Waals surface area contributed by atoms with Crippen molar-refractivity contribution in [2.45, 2.75) is 51.2 Å².